The molecule has 0 spiro atoms. The fourth-order valence-corrected chi connectivity index (χ4v) is 4.08. The molecule has 1 fully saturated rings. The molecule has 1 unspecified atom stereocenters. The molecule has 1 aliphatic rings. The van der Waals surface area contributed by atoms with Crippen LogP contribution in [0.3, 0.4) is 0 Å². The first-order valence-electron chi connectivity index (χ1n) is 11.4. The maximum Gasteiger partial charge on any atom is 0.261 e. The van der Waals surface area contributed by atoms with E-state index in [-0.39, 0.29) is 24.5 Å². The van der Waals surface area contributed by atoms with Gasteiger partial charge in [0, 0.05) is 12.6 Å². The lowest BCUT2D eigenvalue weighted by molar-refractivity contribution is -0.142. The molecule has 1 atom stereocenters. The molecule has 2 aromatic carbocycles. The monoisotopic (exact) mass is 438 g/mol. The van der Waals surface area contributed by atoms with Crippen LogP contribution in [0.5, 0.6) is 11.5 Å². The second-order valence-corrected chi connectivity index (χ2v) is 8.41. The molecule has 0 aliphatic heterocycles. The second-order valence-electron chi connectivity index (χ2n) is 8.41. The van der Waals surface area contributed by atoms with Crippen LogP contribution >= 0.6 is 0 Å². The highest BCUT2D eigenvalue weighted by atomic mass is 16.5. The summed E-state index contributed by atoms with van der Waals surface area (Å²) in [5, 5.41) is 3.15. The molecule has 2 amide bonds. The highest BCUT2D eigenvalue weighted by Gasteiger charge is 2.28. The van der Waals surface area contributed by atoms with Crippen molar-refractivity contribution < 1.29 is 19.1 Å². The average Bonchev–Trinajstić information content (AvgIpc) is 2.82. The van der Waals surface area contributed by atoms with Gasteiger partial charge in [-0.05, 0) is 49.9 Å². The Hall–Kier alpha value is -3.02. The molecule has 172 valence electrons. The lowest BCUT2D eigenvalue weighted by atomic mass is 9.95. The van der Waals surface area contributed by atoms with E-state index >= 15 is 0 Å². The summed E-state index contributed by atoms with van der Waals surface area (Å²) < 4.78 is 11.1. The average molecular weight is 439 g/mol. The van der Waals surface area contributed by atoms with Crippen LogP contribution in [-0.4, -0.2) is 42.5 Å². The van der Waals surface area contributed by atoms with Crippen molar-refractivity contribution in [3.8, 4) is 11.5 Å². The van der Waals surface area contributed by atoms with Crippen LogP contribution < -0.4 is 14.8 Å². The van der Waals surface area contributed by atoms with Crippen LogP contribution in [0.2, 0.25) is 0 Å². The van der Waals surface area contributed by atoms with Crippen molar-refractivity contribution in [1.82, 2.24) is 10.2 Å². The number of carbonyl (C=O) groups is 2. The van der Waals surface area contributed by atoms with Crippen molar-refractivity contribution in [2.24, 2.45) is 0 Å². The molecule has 0 heterocycles. The zero-order valence-corrected chi connectivity index (χ0v) is 19.3. The number of rotatable bonds is 9. The standard InChI is InChI=1S/C26H34N2O4/c1-19-11-7-8-12-21(19)17-28(20(2)26(30)27-22-13-5-4-6-14-22)25(29)18-32-24-16-10-9-15-23(24)31-3/h7-12,15-16,20,22H,4-6,13-14,17-18H2,1-3H3,(H,27,30). The molecule has 1 N–H and O–H groups in total. The second kappa shape index (κ2) is 11.6. The van der Waals surface area contributed by atoms with Crippen molar-refractivity contribution in [1.29, 1.82) is 0 Å². The SMILES string of the molecule is COc1ccccc1OCC(=O)N(Cc1ccccc1C)C(C)C(=O)NC1CCCCC1. The van der Waals surface area contributed by atoms with Gasteiger partial charge in [0.25, 0.3) is 5.91 Å². The molecule has 2 aromatic rings. The number of nitrogens with zero attached hydrogens (tertiary/aromatic N) is 1. The van der Waals surface area contributed by atoms with Gasteiger partial charge in [-0.1, -0.05) is 55.7 Å². The predicted octanol–water partition coefficient (Wildman–Crippen LogP) is 4.25. The molecule has 0 saturated heterocycles. The molecule has 1 saturated carbocycles. The lowest BCUT2D eigenvalue weighted by Crippen LogP contribution is -2.51. The molecule has 0 bridgehead atoms. The van der Waals surface area contributed by atoms with Gasteiger partial charge in [0.2, 0.25) is 5.91 Å². The van der Waals surface area contributed by atoms with Gasteiger partial charge in [0.05, 0.1) is 7.11 Å². The number of carbonyl (C=O) groups excluding carboxylic acids is 2. The number of amides is 2. The fourth-order valence-electron chi connectivity index (χ4n) is 4.08. The van der Waals surface area contributed by atoms with Crippen LogP contribution in [0, 0.1) is 6.92 Å². The maximum atomic E-state index is 13.3. The zero-order chi connectivity index (χ0) is 22.9. The molecule has 6 heteroatoms. The Morgan fingerprint density at radius 2 is 1.69 bits per heavy atom. The highest BCUT2D eigenvalue weighted by Crippen LogP contribution is 2.26. The smallest absolute Gasteiger partial charge is 0.261 e. The van der Waals surface area contributed by atoms with E-state index in [1.165, 1.54) is 6.42 Å². The summed E-state index contributed by atoms with van der Waals surface area (Å²) in [7, 11) is 1.56. The van der Waals surface area contributed by atoms with Gasteiger partial charge in [-0.3, -0.25) is 9.59 Å². The molecule has 6 nitrogen and oxygen atoms in total. The lowest BCUT2D eigenvalue weighted by Gasteiger charge is -2.31. The van der Waals surface area contributed by atoms with E-state index in [1.807, 2.05) is 43.3 Å². The first-order chi connectivity index (χ1) is 15.5. The Kier molecular flexibility index (Phi) is 8.54. The van der Waals surface area contributed by atoms with E-state index < -0.39 is 6.04 Å². The first kappa shape index (κ1) is 23.6. The van der Waals surface area contributed by atoms with Crippen LogP contribution in [0.1, 0.15) is 50.2 Å². The number of hydrogen-bond donors (Lipinski definition) is 1. The highest BCUT2D eigenvalue weighted by molar-refractivity contribution is 5.88. The van der Waals surface area contributed by atoms with E-state index in [2.05, 4.69) is 5.32 Å². The molecular formula is C26H34N2O4. The van der Waals surface area contributed by atoms with Gasteiger partial charge in [0.1, 0.15) is 6.04 Å². The normalized spacial score (nSPS) is 15.0. The molecule has 3 rings (SSSR count). The summed E-state index contributed by atoms with van der Waals surface area (Å²) in [5.41, 5.74) is 2.09. The van der Waals surface area contributed by atoms with Crippen molar-refractivity contribution in [2.75, 3.05) is 13.7 Å². The van der Waals surface area contributed by atoms with Crippen LogP contribution in [0.15, 0.2) is 48.5 Å². The molecular weight excluding hydrogens is 404 g/mol. The van der Waals surface area contributed by atoms with Gasteiger partial charge in [-0.2, -0.15) is 0 Å². The number of nitrogens with one attached hydrogen (secondary N) is 1. The Morgan fingerprint density at radius 1 is 1.03 bits per heavy atom. The minimum absolute atomic E-state index is 0.115. The zero-order valence-electron chi connectivity index (χ0n) is 19.3. The van der Waals surface area contributed by atoms with Crippen molar-refractivity contribution in [2.45, 2.75) is 64.6 Å². The van der Waals surface area contributed by atoms with Gasteiger partial charge < -0.3 is 19.7 Å². The topological polar surface area (TPSA) is 67.9 Å². The van der Waals surface area contributed by atoms with Gasteiger partial charge in [0.15, 0.2) is 18.1 Å². The summed E-state index contributed by atoms with van der Waals surface area (Å²) in [6, 6.07) is 14.7. The number of aryl methyl sites for hydroxylation is 1. The van der Waals surface area contributed by atoms with E-state index in [0.29, 0.717) is 18.0 Å². The molecule has 0 aromatic heterocycles. The van der Waals surface area contributed by atoms with Crippen LogP contribution in [0.25, 0.3) is 0 Å². The third kappa shape index (κ3) is 6.25. The Morgan fingerprint density at radius 3 is 2.38 bits per heavy atom. The van der Waals surface area contributed by atoms with Gasteiger partial charge in [-0.25, -0.2) is 0 Å². The van der Waals surface area contributed by atoms with Crippen molar-refractivity contribution >= 4 is 11.8 Å². The van der Waals surface area contributed by atoms with E-state index in [4.69, 9.17) is 9.47 Å². The van der Waals surface area contributed by atoms with Crippen LogP contribution in [0.4, 0.5) is 0 Å². The predicted molar refractivity (Wildman–Crippen MR) is 125 cm³/mol. The Balaban J connectivity index is 1.73. The summed E-state index contributed by atoms with van der Waals surface area (Å²) in [5.74, 6) is 0.703. The number of hydrogen-bond acceptors (Lipinski definition) is 4. The minimum atomic E-state index is -0.606. The van der Waals surface area contributed by atoms with E-state index in [0.717, 1.165) is 36.8 Å². The quantitative estimate of drug-likeness (QED) is 0.636. The molecule has 1 aliphatic carbocycles. The maximum absolute atomic E-state index is 13.3. The number of methoxy groups -OCH3 is 1. The van der Waals surface area contributed by atoms with E-state index in [9.17, 15) is 9.59 Å². The number of para-hydroxylation sites is 2. The largest absolute Gasteiger partial charge is 0.493 e. The third-order valence-corrected chi connectivity index (χ3v) is 6.14. The molecule has 0 radical (unpaired) electrons. The Labute approximate surface area is 190 Å². The van der Waals surface area contributed by atoms with E-state index in [1.54, 1.807) is 31.1 Å². The fraction of sp³-hybridized carbons (Fsp3) is 0.462. The molecule has 32 heavy (non-hydrogen) atoms. The Bertz CT molecular complexity index is 908. The number of ether oxygens (including phenoxy) is 2. The summed E-state index contributed by atoms with van der Waals surface area (Å²) in [6.45, 7) is 3.97. The number of benzene rings is 2. The minimum Gasteiger partial charge on any atom is -0.493 e. The summed E-state index contributed by atoms with van der Waals surface area (Å²) in [4.78, 5) is 27.9. The first-order valence-corrected chi connectivity index (χ1v) is 11.4. The summed E-state index contributed by atoms with van der Waals surface area (Å²) in [6.07, 6.45) is 5.50. The van der Waals surface area contributed by atoms with Crippen LogP contribution in [-0.2, 0) is 16.1 Å². The van der Waals surface area contributed by atoms with Crippen molar-refractivity contribution in [3.63, 3.8) is 0 Å². The third-order valence-electron chi connectivity index (χ3n) is 6.14. The van der Waals surface area contributed by atoms with Crippen molar-refractivity contribution in [3.05, 3.63) is 59.7 Å². The van der Waals surface area contributed by atoms with Gasteiger partial charge >= 0.3 is 0 Å². The van der Waals surface area contributed by atoms with Gasteiger partial charge in [-0.15, -0.1) is 0 Å². The summed E-state index contributed by atoms with van der Waals surface area (Å²) >= 11 is 0.